The number of likely N-dealkylation sites (tertiary alicyclic amines) is 1. The number of amides is 2. The molecule has 4 atom stereocenters. The molecular weight excluding hydrogens is 422 g/mol. The molecule has 180 valence electrons. The minimum atomic E-state index is -0.363. The molecule has 2 saturated heterocycles. The lowest BCUT2D eigenvalue weighted by Crippen LogP contribution is -2.35. The van der Waals surface area contributed by atoms with Gasteiger partial charge in [-0.05, 0) is 61.5 Å². The minimum Gasteiger partial charge on any atom is -0.459 e. The van der Waals surface area contributed by atoms with E-state index < -0.39 is 0 Å². The summed E-state index contributed by atoms with van der Waals surface area (Å²) in [6.07, 6.45) is 6.59. The number of fused-ring (bicyclic) bond motifs is 3. The van der Waals surface area contributed by atoms with E-state index in [4.69, 9.17) is 9.15 Å². The summed E-state index contributed by atoms with van der Waals surface area (Å²) in [5, 5.41) is 19.3. The minimum absolute atomic E-state index is 0.0698. The van der Waals surface area contributed by atoms with Gasteiger partial charge in [-0.3, -0.25) is 14.5 Å². The highest BCUT2D eigenvalue weighted by Gasteiger charge is 2.56. The quantitative estimate of drug-likeness (QED) is 0.412. The SMILES string of the molecule is CCC/C(=C\c1ccc(CO)o1)CC[C@H]1OC[C@H]2C1=C(CO)C[C@H]1C(=O)N(CCC)C(=O)[C@H]12. The summed E-state index contributed by atoms with van der Waals surface area (Å²) in [7, 11) is 0. The number of aliphatic hydroxyl groups excluding tert-OH is 2. The third-order valence-corrected chi connectivity index (χ3v) is 7.22. The molecule has 1 aromatic rings. The predicted molar refractivity (Wildman–Crippen MR) is 123 cm³/mol. The Kier molecular flexibility index (Phi) is 7.51. The smallest absolute Gasteiger partial charge is 0.233 e. The Morgan fingerprint density at radius 3 is 2.58 bits per heavy atom. The van der Waals surface area contributed by atoms with Gasteiger partial charge in [0, 0.05) is 12.5 Å². The number of rotatable bonds is 10. The van der Waals surface area contributed by atoms with Crippen molar-refractivity contribution in [2.24, 2.45) is 17.8 Å². The zero-order valence-corrected chi connectivity index (χ0v) is 19.6. The zero-order chi connectivity index (χ0) is 23.5. The third kappa shape index (κ3) is 4.59. The van der Waals surface area contributed by atoms with E-state index in [0.717, 1.165) is 49.0 Å². The van der Waals surface area contributed by atoms with Crippen molar-refractivity contribution in [1.29, 1.82) is 0 Å². The Morgan fingerprint density at radius 1 is 1.09 bits per heavy atom. The van der Waals surface area contributed by atoms with Gasteiger partial charge >= 0.3 is 0 Å². The molecule has 2 aliphatic heterocycles. The van der Waals surface area contributed by atoms with E-state index >= 15 is 0 Å². The van der Waals surface area contributed by atoms with E-state index in [1.54, 1.807) is 6.07 Å². The van der Waals surface area contributed by atoms with Crippen LogP contribution in [0.15, 0.2) is 33.3 Å². The lowest BCUT2D eigenvalue weighted by atomic mass is 9.69. The number of hydrogen-bond acceptors (Lipinski definition) is 6. The van der Waals surface area contributed by atoms with E-state index in [9.17, 15) is 19.8 Å². The molecule has 3 aliphatic rings. The maximum absolute atomic E-state index is 13.1. The number of hydrogen-bond donors (Lipinski definition) is 2. The van der Waals surface area contributed by atoms with Crippen LogP contribution in [-0.4, -0.2) is 52.8 Å². The zero-order valence-electron chi connectivity index (χ0n) is 19.6. The summed E-state index contributed by atoms with van der Waals surface area (Å²) in [5.41, 5.74) is 3.17. The summed E-state index contributed by atoms with van der Waals surface area (Å²) in [4.78, 5) is 27.4. The van der Waals surface area contributed by atoms with Crippen LogP contribution in [0.25, 0.3) is 6.08 Å². The highest BCUT2D eigenvalue weighted by Crippen LogP contribution is 2.49. The molecule has 0 spiro atoms. The normalized spacial score (nSPS) is 27.5. The molecule has 0 saturated carbocycles. The van der Waals surface area contributed by atoms with Crippen molar-refractivity contribution in [3.63, 3.8) is 0 Å². The molecule has 2 amide bonds. The Hall–Kier alpha value is -2.22. The van der Waals surface area contributed by atoms with Gasteiger partial charge in [-0.1, -0.05) is 25.8 Å². The van der Waals surface area contributed by atoms with Crippen molar-refractivity contribution in [3.05, 3.63) is 40.4 Å². The van der Waals surface area contributed by atoms with E-state index in [1.165, 1.54) is 10.5 Å². The largest absolute Gasteiger partial charge is 0.459 e. The van der Waals surface area contributed by atoms with Gasteiger partial charge < -0.3 is 19.4 Å². The van der Waals surface area contributed by atoms with Crippen LogP contribution in [0.2, 0.25) is 0 Å². The molecule has 1 aliphatic carbocycles. The Morgan fingerprint density at radius 2 is 1.91 bits per heavy atom. The fraction of sp³-hybridized carbons (Fsp3) is 0.615. The monoisotopic (exact) mass is 457 g/mol. The van der Waals surface area contributed by atoms with Crippen molar-refractivity contribution >= 4 is 17.9 Å². The molecule has 0 bridgehead atoms. The fourth-order valence-corrected chi connectivity index (χ4v) is 5.79. The van der Waals surface area contributed by atoms with Crippen molar-refractivity contribution < 1.29 is 29.0 Å². The molecule has 2 N–H and O–H groups in total. The number of imide groups is 1. The lowest BCUT2D eigenvalue weighted by Gasteiger charge is -2.31. The molecule has 7 nitrogen and oxygen atoms in total. The van der Waals surface area contributed by atoms with Crippen molar-refractivity contribution in [1.82, 2.24) is 4.90 Å². The number of carbonyl (C=O) groups excluding carboxylic acids is 2. The van der Waals surface area contributed by atoms with Gasteiger partial charge in [0.05, 0.1) is 31.2 Å². The maximum atomic E-state index is 13.1. The molecule has 3 heterocycles. The summed E-state index contributed by atoms with van der Waals surface area (Å²) < 4.78 is 11.8. The van der Waals surface area contributed by atoms with Gasteiger partial charge in [0.2, 0.25) is 11.8 Å². The van der Waals surface area contributed by atoms with Crippen LogP contribution in [-0.2, 0) is 20.9 Å². The van der Waals surface area contributed by atoms with E-state index in [-0.39, 0.29) is 48.9 Å². The Balaban J connectivity index is 1.51. The van der Waals surface area contributed by atoms with Crippen LogP contribution in [0.5, 0.6) is 0 Å². The number of aliphatic hydroxyl groups is 2. The van der Waals surface area contributed by atoms with E-state index in [0.29, 0.717) is 25.3 Å². The summed E-state index contributed by atoms with van der Waals surface area (Å²) in [5.74, 6) is 0.275. The number of carbonyl (C=O) groups is 2. The molecule has 2 fully saturated rings. The predicted octanol–water partition coefficient (Wildman–Crippen LogP) is 3.45. The summed E-state index contributed by atoms with van der Waals surface area (Å²) in [6.45, 7) is 4.77. The van der Waals surface area contributed by atoms with E-state index in [1.807, 2.05) is 19.1 Å². The first kappa shape index (κ1) is 23.9. The second-order valence-corrected chi connectivity index (χ2v) is 9.36. The van der Waals surface area contributed by atoms with Crippen LogP contribution in [0.3, 0.4) is 0 Å². The van der Waals surface area contributed by atoms with Gasteiger partial charge in [0.1, 0.15) is 18.1 Å². The van der Waals surface area contributed by atoms with Crippen LogP contribution in [0.1, 0.15) is 63.9 Å². The number of nitrogens with zero attached hydrogens (tertiary/aromatic N) is 1. The maximum Gasteiger partial charge on any atom is 0.233 e. The van der Waals surface area contributed by atoms with Gasteiger partial charge in [-0.2, -0.15) is 0 Å². The average molecular weight is 458 g/mol. The third-order valence-electron chi connectivity index (χ3n) is 7.22. The van der Waals surface area contributed by atoms with Crippen molar-refractivity contribution in [3.8, 4) is 0 Å². The summed E-state index contributed by atoms with van der Waals surface area (Å²) in [6, 6.07) is 3.64. The standard InChI is InChI=1S/C26H35NO6/c1-3-5-16(11-18-7-8-19(14-29)33-18)6-9-22-23-17(13-28)12-20-24(21(23)15-32-22)26(31)27(10-4-2)25(20)30/h7-8,11,20-22,24,28-29H,3-6,9-10,12-15H2,1-2H3/b16-11+/t20-,21+,22-,24-/m1/s1. The molecule has 0 unspecified atom stereocenters. The Bertz CT molecular complexity index is 944. The number of furan rings is 1. The second-order valence-electron chi connectivity index (χ2n) is 9.36. The van der Waals surface area contributed by atoms with Gasteiger partial charge in [0.15, 0.2) is 0 Å². The van der Waals surface area contributed by atoms with Crippen LogP contribution in [0.4, 0.5) is 0 Å². The van der Waals surface area contributed by atoms with Crippen LogP contribution < -0.4 is 0 Å². The van der Waals surface area contributed by atoms with E-state index in [2.05, 4.69) is 6.92 Å². The fourth-order valence-electron chi connectivity index (χ4n) is 5.79. The highest BCUT2D eigenvalue weighted by atomic mass is 16.5. The molecule has 7 heteroatoms. The number of ether oxygens (including phenoxy) is 1. The Labute approximate surface area is 195 Å². The second kappa shape index (κ2) is 10.4. The van der Waals surface area contributed by atoms with Crippen LogP contribution >= 0.6 is 0 Å². The van der Waals surface area contributed by atoms with Gasteiger partial charge in [0.25, 0.3) is 0 Å². The average Bonchev–Trinajstić information content (AvgIpc) is 3.51. The number of allylic oxidation sites excluding steroid dienone is 1. The van der Waals surface area contributed by atoms with Crippen molar-refractivity contribution in [2.75, 3.05) is 19.8 Å². The molecular formula is C26H35NO6. The first-order valence-electron chi connectivity index (χ1n) is 12.2. The van der Waals surface area contributed by atoms with Crippen molar-refractivity contribution in [2.45, 2.75) is 65.1 Å². The van der Waals surface area contributed by atoms with Gasteiger partial charge in [-0.25, -0.2) is 0 Å². The first-order chi connectivity index (χ1) is 16.0. The molecule has 1 aromatic heterocycles. The first-order valence-corrected chi connectivity index (χ1v) is 12.2. The molecule has 0 aromatic carbocycles. The highest BCUT2D eigenvalue weighted by molar-refractivity contribution is 6.05. The van der Waals surface area contributed by atoms with Gasteiger partial charge in [-0.15, -0.1) is 0 Å². The lowest BCUT2D eigenvalue weighted by molar-refractivity contribution is -0.140. The molecule has 0 radical (unpaired) electrons. The summed E-state index contributed by atoms with van der Waals surface area (Å²) >= 11 is 0. The topological polar surface area (TPSA) is 100 Å². The molecule has 33 heavy (non-hydrogen) atoms. The molecule has 4 rings (SSSR count). The van der Waals surface area contributed by atoms with Crippen LogP contribution in [0, 0.1) is 17.8 Å².